The number of hydrogen-bond acceptors (Lipinski definition) is 9. The summed E-state index contributed by atoms with van der Waals surface area (Å²) in [5, 5.41) is 5.96. The summed E-state index contributed by atoms with van der Waals surface area (Å²) in [7, 11) is 0. The molecular weight excluding hydrogens is 630 g/mol. The van der Waals surface area contributed by atoms with E-state index in [4.69, 9.17) is 23.7 Å². The van der Waals surface area contributed by atoms with Crippen LogP contribution in [0.4, 0.5) is 4.79 Å². The Morgan fingerprint density at radius 2 is 1.80 bits per heavy atom. The van der Waals surface area contributed by atoms with Gasteiger partial charge in [-0.2, -0.15) is 0 Å². The molecule has 12 heteroatoms. The second kappa shape index (κ2) is 18.1. The van der Waals surface area contributed by atoms with E-state index < -0.39 is 29.9 Å². The van der Waals surface area contributed by atoms with Crippen LogP contribution in [-0.4, -0.2) is 103 Å². The van der Waals surface area contributed by atoms with E-state index in [2.05, 4.69) is 23.6 Å². The SMILES string of the molecule is CCCNC(=O)C[C@@H]1C[C@@]2(CO2)C(OC(C)=O)[C@@H](/C=C/C(C)=C/C[C@@H]2O[C@H](C)[C@H](NC(=O)/C=C\[C@H](C)OC(=O)N3CCCCC3)C[C@@H]2C)O1. The van der Waals surface area contributed by atoms with Crippen LogP contribution in [0.2, 0.25) is 0 Å². The number of nitrogens with zero attached hydrogens (tertiary/aromatic N) is 1. The average Bonchev–Trinajstić information content (AvgIpc) is 3.83. The molecule has 49 heavy (non-hydrogen) atoms. The Morgan fingerprint density at radius 3 is 2.47 bits per heavy atom. The van der Waals surface area contributed by atoms with Crippen LogP contribution in [0.3, 0.4) is 0 Å². The van der Waals surface area contributed by atoms with Gasteiger partial charge in [0.25, 0.3) is 0 Å². The molecule has 9 atom stereocenters. The Morgan fingerprint density at radius 1 is 1.06 bits per heavy atom. The Bertz CT molecular complexity index is 1240. The van der Waals surface area contributed by atoms with Gasteiger partial charge in [-0.05, 0) is 71.3 Å². The maximum absolute atomic E-state index is 12.7. The minimum atomic E-state index is -0.632. The van der Waals surface area contributed by atoms with E-state index in [9.17, 15) is 19.2 Å². The second-order valence-corrected chi connectivity index (χ2v) is 14.1. The number of epoxide rings is 1. The molecule has 4 rings (SSSR count). The highest BCUT2D eigenvalue weighted by Gasteiger charge is 2.60. The maximum atomic E-state index is 12.7. The minimum absolute atomic E-state index is 0.0230. The molecule has 4 heterocycles. The molecule has 274 valence electrons. The van der Waals surface area contributed by atoms with Gasteiger partial charge >= 0.3 is 12.1 Å². The zero-order valence-electron chi connectivity index (χ0n) is 30.1. The van der Waals surface area contributed by atoms with Gasteiger partial charge in [0.15, 0.2) is 6.10 Å². The molecule has 0 radical (unpaired) electrons. The van der Waals surface area contributed by atoms with Gasteiger partial charge in [-0.15, -0.1) is 0 Å². The van der Waals surface area contributed by atoms with Gasteiger partial charge in [-0.25, -0.2) is 4.79 Å². The Hall–Kier alpha value is -3.22. The van der Waals surface area contributed by atoms with Gasteiger partial charge in [0, 0.05) is 39.1 Å². The fourth-order valence-corrected chi connectivity index (χ4v) is 6.81. The van der Waals surface area contributed by atoms with Crippen LogP contribution in [0.25, 0.3) is 0 Å². The molecule has 0 bridgehead atoms. The standard InChI is InChI=1S/C37H57N3O9/c1-7-17-38-34(43)21-29-22-37(23-45-37)35(48-28(6)41)32(49-29)15-12-24(2)11-14-31-25(3)20-30(27(5)47-31)39-33(42)16-13-26(4)46-36(44)40-18-9-8-10-19-40/h11-13,15-16,25-27,29-32,35H,7-10,14,17-23H2,1-6H3,(H,38,43)(H,39,42)/b15-12+,16-13-,24-11+/t25-,26-,27+,29+,30+,31-,32+,35?,37+/m0/s1. The fourth-order valence-electron chi connectivity index (χ4n) is 6.81. The number of nitrogens with one attached hydrogen (secondary N) is 2. The zero-order valence-corrected chi connectivity index (χ0v) is 30.1. The first-order valence-electron chi connectivity index (χ1n) is 18.1. The third-order valence-electron chi connectivity index (χ3n) is 9.72. The van der Waals surface area contributed by atoms with Gasteiger partial charge in [-0.1, -0.05) is 37.6 Å². The molecule has 4 aliphatic heterocycles. The molecule has 3 amide bonds. The van der Waals surface area contributed by atoms with Crippen LogP contribution in [0.5, 0.6) is 0 Å². The first-order valence-corrected chi connectivity index (χ1v) is 18.1. The molecule has 0 saturated carbocycles. The predicted molar refractivity (Wildman–Crippen MR) is 184 cm³/mol. The average molecular weight is 688 g/mol. The molecule has 0 aromatic carbocycles. The van der Waals surface area contributed by atoms with Crippen LogP contribution >= 0.6 is 0 Å². The lowest BCUT2D eigenvalue weighted by Gasteiger charge is -2.39. The molecule has 2 N–H and O–H groups in total. The third kappa shape index (κ3) is 11.7. The summed E-state index contributed by atoms with van der Waals surface area (Å²) in [6.07, 6.45) is 12.6. The smallest absolute Gasteiger partial charge is 0.410 e. The number of esters is 1. The van der Waals surface area contributed by atoms with Crippen molar-refractivity contribution in [2.45, 2.75) is 141 Å². The van der Waals surface area contributed by atoms with Crippen LogP contribution in [-0.2, 0) is 38.1 Å². The summed E-state index contributed by atoms with van der Waals surface area (Å²) in [5.41, 5.74) is 0.367. The minimum Gasteiger partial charge on any atom is -0.456 e. The van der Waals surface area contributed by atoms with Gasteiger partial charge in [0.1, 0.15) is 17.8 Å². The van der Waals surface area contributed by atoms with Crippen molar-refractivity contribution in [3.05, 3.63) is 36.0 Å². The number of piperidine rings is 1. The summed E-state index contributed by atoms with van der Waals surface area (Å²) >= 11 is 0. The second-order valence-electron chi connectivity index (χ2n) is 14.1. The van der Waals surface area contributed by atoms with Crippen LogP contribution in [0, 0.1) is 5.92 Å². The van der Waals surface area contributed by atoms with Crippen LogP contribution in [0.15, 0.2) is 36.0 Å². The van der Waals surface area contributed by atoms with Crippen molar-refractivity contribution in [2.24, 2.45) is 5.92 Å². The summed E-state index contributed by atoms with van der Waals surface area (Å²) < 4.78 is 29.6. The highest BCUT2D eigenvalue weighted by Crippen LogP contribution is 2.45. The number of allylic oxidation sites excluding steroid dienone is 2. The van der Waals surface area contributed by atoms with E-state index in [0.29, 0.717) is 39.1 Å². The number of carbonyl (C=O) groups excluding carboxylic acids is 4. The molecule has 12 nitrogen and oxygen atoms in total. The lowest BCUT2D eigenvalue weighted by Crippen LogP contribution is -2.52. The number of amides is 3. The molecule has 1 spiro atoms. The highest BCUT2D eigenvalue weighted by atomic mass is 16.7. The van der Waals surface area contributed by atoms with Gasteiger partial charge in [0.2, 0.25) is 11.8 Å². The largest absolute Gasteiger partial charge is 0.456 e. The third-order valence-corrected chi connectivity index (χ3v) is 9.72. The molecular formula is C37H57N3O9. The van der Waals surface area contributed by atoms with Gasteiger partial charge < -0.3 is 39.2 Å². The van der Waals surface area contributed by atoms with Crippen molar-refractivity contribution in [1.82, 2.24) is 15.5 Å². The van der Waals surface area contributed by atoms with Crippen molar-refractivity contribution in [1.29, 1.82) is 0 Å². The topological polar surface area (TPSA) is 145 Å². The number of carbonyl (C=O) groups is 4. The molecule has 4 fully saturated rings. The summed E-state index contributed by atoms with van der Waals surface area (Å²) in [6.45, 7) is 13.7. The van der Waals surface area contributed by atoms with E-state index in [1.54, 1.807) is 17.9 Å². The van der Waals surface area contributed by atoms with E-state index in [1.807, 2.05) is 32.9 Å². The highest BCUT2D eigenvalue weighted by molar-refractivity contribution is 5.87. The maximum Gasteiger partial charge on any atom is 0.410 e. The van der Waals surface area contributed by atoms with Crippen molar-refractivity contribution in [2.75, 3.05) is 26.2 Å². The first-order chi connectivity index (χ1) is 23.4. The zero-order chi connectivity index (χ0) is 35.6. The Balaban J connectivity index is 1.27. The lowest BCUT2D eigenvalue weighted by atomic mass is 9.87. The van der Waals surface area contributed by atoms with Gasteiger partial charge in [0.05, 0.1) is 37.4 Å². The first kappa shape index (κ1) is 38.6. The Labute approximate surface area is 291 Å². The summed E-state index contributed by atoms with van der Waals surface area (Å²) in [6, 6.07) is -0.143. The quantitative estimate of drug-likeness (QED) is 0.124. The Kier molecular flexibility index (Phi) is 14.3. The molecule has 0 aromatic rings. The van der Waals surface area contributed by atoms with Crippen molar-refractivity contribution < 1.29 is 42.9 Å². The monoisotopic (exact) mass is 687 g/mol. The molecule has 4 saturated heterocycles. The molecule has 0 aromatic heterocycles. The lowest BCUT2D eigenvalue weighted by molar-refractivity contribution is -0.179. The number of rotatable bonds is 13. The van der Waals surface area contributed by atoms with E-state index in [1.165, 1.54) is 13.0 Å². The fraction of sp³-hybridized carbons (Fsp3) is 0.730. The molecule has 4 aliphatic rings. The van der Waals surface area contributed by atoms with E-state index in [-0.39, 0.29) is 54.6 Å². The van der Waals surface area contributed by atoms with Crippen molar-refractivity contribution in [3.63, 3.8) is 0 Å². The summed E-state index contributed by atoms with van der Waals surface area (Å²) in [5.74, 6) is -0.516. The van der Waals surface area contributed by atoms with Crippen LogP contribution < -0.4 is 10.6 Å². The van der Waals surface area contributed by atoms with E-state index >= 15 is 0 Å². The van der Waals surface area contributed by atoms with Crippen molar-refractivity contribution >= 4 is 23.9 Å². The van der Waals surface area contributed by atoms with Crippen molar-refractivity contribution in [3.8, 4) is 0 Å². The molecule has 0 aliphatic carbocycles. The number of ether oxygens (including phenoxy) is 5. The molecule has 1 unspecified atom stereocenters. The number of hydrogen-bond donors (Lipinski definition) is 2. The normalized spacial score (nSPS) is 32.6. The predicted octanol–water partition coefficient (Wildman–Crippen LogP) is 4.52. The summed E-state index contributed by atoms with van der Waals surface area (Å²) in [4.78, 5) is 51.1. The number of likely N-dealkylation sites (tertiary alicyclic amines) is 1. The van der Waals surface area contributed by atoms with E-state index in [0.717, 1.165) is 37.7 Å². The van der Waals surface area contributed by atoms with Gasteiger partial charge in [-0.3, -0.25) is 14.4 Å². The van der Waals surface area contributed by atoms with Crippen LogP contribution in [0.1, 0.15) is 92.9 Å².